The van der Waals surface area contributed by atoms with Crippen LogP contribution in [-0.4, -0.2) is 32.1 Å². The number of thioether (sulfide) groups is 1. The summed E-state index contributed by atoms with van der Waals surface area (Å²) >= 11 is 2.91. The molecule has 1 saturated heterocycles. The van der Waals surface area contributed by atoms with Gasteiger partial charge < -0.3 is 5.11 Å². The lowest BCUT2D eigenvalue weighted by molar-refractivity contribution is -0.124. The monoisotopic (exact) mass is 399 g/mol. The number of benzene rings is 1. The average molecular weight is 400 g/mol. The summed E-state index contributed by atoms with van der Waals surface area (Å²) in [6.45, 7) is 1.95. The largest absolute Gasteiger partial charge is 0.508 e. The summed E-state index contributed by atoms with van der Waals surface area (Å²) in [5, 5.41) is 12.9. The molecule has 0 unspecified atom stereocenters. The van der Waals surface area contributed by atoms with Crippen LogP contribution in [0.15, 0.2) is 39.5 Å². The van der Waals surface area contributed by atoms with E-state index < -0.39 is 0 Å². The Labute approximate surface area is 166 Å². The predicted molar refractivity (Wildman–Crippen MR) is 111 cm³/mol. The molecule has 0 atom stereocenters. The van der Waals surface area contributed by atoms with Crippen LogP contribution >= 0.6 is 23.1 Å². The van der Waals surface area contributed by atoms with Gasteiger partial charge in [0.05, 0.1) is 10.6 Å². The number of hydrogen-bond donors (Lipinski definition) is 1. The Morgan fingerprint density at radius 2 is 1.96 bits per heavy atom. The van der Waals surface area contributed by atoms with Gasteiger partial charge in [-0.25, -0.2) is 4.98 Å². The number of aromatic nitrogens is 1. The minimum absolute atomic E-state index is 0.0204. The van der Waals surface area contributed by atoms with E-state index >= 15 is 0 Å². The SMILES string of the molecule is Cc1csc(/N=C2/S/C(=C\c3ccc(O)cc3)C(=O)N2C2CCCCC2)n1. The third kappa shape index (κ3) is 4.09. The van der Waals surface area contributed by atoms with Crippen LogP contribution in [0.3, 0.4) is 0 Å². The minimum Gasteiger partial charge on any atom is -0.508 e. The van der Waals surface area contributed by atoms with E-state index in [1.54, 1.807) is 24.3 Å². The highest BCUT2D eigenvalue weighted by Gasteiger charge is 2.38. The molecule has 2 aromatic rings. The smallest absolute Gasteiger partial charge is 0.267 e. The number of rotatable bonds is 3. The summed E-state index contributed by atoms with van der Waals surface area (Å²) in [5.74, 6) is 0.236. The molecule has 7 heteroatoms. The molecular formula is C20H21N3O2S2. The van der Waals surface area contributed by atoms with Gasteiger partial charge >= 0.3 is 0 Å². The fourth-order valence-corrected chi connectivity index (χ4v) is 5.18. The van der Waals surface area contributed by atoms with Gasteiger partial charge in [-0.05, 0) is 55.3 Å². The highest BCUT2D eigenvalue weighted by molar-refractivity contribution is 8.18. The zero-order chi connectivity index (χ0) is 18.8. The number of carbonyl (C=O) groups is 1. The van der Waals surface area contributed by atoms with Gasteiger partial charge in [0.25, 0.3) is 5.91 Å². The number of amidine groups is 1. The molecule has 5 nitrogen and oxygen atoms in total. The highest BCUT2D eigenvalue weighted by Crippen LogP contribution is 2.38. The normalized spacial score (nSPS) is 21.5. The van der Waals surface area contributed by atoms with Gasteiger partial charge in [-0.1, -0.05) is 31.4 Å². The maximum Gasteiger partial charge on any atom is 0.267 e. The molecular weight excluding hydrogens is 378 g/mol. The first-order chi connectivity index (χ1) is 13.1. The van der Waals surface area contributed by atoms with Gasteiger partial charge in [0.2, 0.25) is 5.13 Å². The van der Waals surface area contributed by atoms with Crippen molar-refractivity contribution >= 4 is 45.4 Å². The van der Waals surface area contributed by atoms with Crippen LogP contribution < -0.4 is 0 Å². The molecule has 0 radical (unpaired) electrons. The van der Waals surface area contributed by atoms with Crippen molar-refractivity contribution in [3.05, 3.63) is 45.8 Å². The highest BCUT2D eigenvalue weighted by atomic mass is 32.2. The first kappa shape index (κ1) is 18.3. The predicted octanol–water partition coefficient (Wildman–Crippen LogP) is 5.09. The zero-order valence-electron chi connectivity index (χ0n) is 15.1. The molecule has 1 amide bonds. The molecule has 2 aliphatic rings. The Morgan fingerprint density at radius 1 is 1.22 bits per heavy atom. The van der Waals surface area contributed by atoms with E-state index in [-0.39, 0.29) is 17.7 Å². The van der Waals surface area contributed by atoms with Crippen molar-refractivity contribution in [3.8, 4) is 5.75 Å². The summed E-state index contributed by atoms with van der Waals surface area (Å²) in [6.07, 6.45) is 7.46. The van der Waals surface area contributed by atoms with E-state index in [2.05, 4.69) is 4.98 Å². The molecule has 140 valence electrons. The van der Waals surface area contributed by atoms with Crippen molar-refractivity contribution < 1.29 is 9.90 Å². The van der Waals surface area contributed by atoms with Crippen LogP contribution in [-0.2, 0) is 4.79 Å². The van der Waals surface area contributed by atoms with Crippen LogP contribution in [0.4, 0.5) is 5.13 Å². The molecule has 4 rings (SSSR count). The third-order valence-electron chi connectivity index (χ3n) is 4.77. The molecule has 1 aliphatic carbocycles. The summed E-state index contributed by atoms with van der Waals surface area (Å²) in [4.78, 5) is 24.9. The van der Waals surface area contributed by atoms with E-state index in [9.17, 15) is 9.90 Å². The van der Waals surface area contributed by atoms with Gasteiger partial charge in [0.15, 0.2) is 5.17 Å². The van der Waals surface area contributed by atoms with Crippen LogP contribution in [0, 0.1) is 6.92 Å². The van der Waals surface area contributed by atoms with Crippen LogP contribution in [0.1, 0.15) is 43.4 Å². The van der Waals surface area contributed by atoms with Gasteiger partial charge in [-0.3, -0.25) is 9.69 Å². The number of nitrogens with zero attached hydrogens (tertiary/aromatic N) is 3. The number of hydrogen-bond acceptors (Lipinski definition) is 6. The molecule has 27 heavy (non-hydrogen) atoms. The van der Waals surface area contributed by atoms with Crippen LogP contribution in [0.2, 0.25) is 0 Å². The van der Waals surface area contributed by atoms with Crippen LogP contribution in [0.25, 0.3) is 6.08 Å². The van der Waals surface area contributed by atoms with E-state index in [4.69, 9.17) is 4.99 Å². The van der Waals surface area contributed by atoms with E-state index in [1.807, 2.05) is 23.3 Å². The zero-order valence-corrected chi connectivity index (χ0v) is 16.7. The van der Waals surface area contributed by atoms with Gasteiger partial charge in [0, 0.05) is 11.4 Å². The van der Waals surface area contributed by atoms with Gasteiger partial charge in [0.1, 0.15) is 5.75 Å². The Balaban J connectivity index is 1.68. The number of thiazole rings is 1. The summed E-state index contributed by atoms with van der Waals surface area (Å²) in [6, 6.07) is 7.08. The minimum atomic E-state index is 0.0204. The van der Waals surface area contributed by atoms with Crippen molar-refractivity contribution in [1.29, 1.82) is 0 Å². The first-order valence-electron chi connectivity index (χ1n) is 9.13. The number of aryl methyl sites for hydroxylation is 1. The Hall–Kier alpha value is -2.12. The van der Waals surface area contributed by atoms with Gasteiger partial charge in [-0.15, -0.1) is 11.3 Å². The summed E-state index contributed by atoms with van der Waals surface area (Å²) < 4.78 is 0. The number of carbonyl (C=O) groups excluding carboxylic acids is 1. The fourth-order valence-electron chi connectivity index (χ4n) is 3.42. The molecule has 0 spiro atoms. The molecule has 2 heterocycles. The molecule has 1 aromatic heterocycles. The quantitative estimate of drug-likeness (QED) is 0.730. The van der Waals surface area contributed by atoms with Crippen molar-refractivity contribution in [1.82, 2.24) is 9.88 Å². The van der Waals surface area contributed by atoms with Crippen molar-refractivity contribution in [2.45, 2.75) is 45.1 Å². The second-order valence-electron chi connectivity index (χ2n) is 6.84. The topological polar surface area (TPSA) is 65.8 Å². The molecule has 1 N–H and O–H groups in total. The number of amides is 1. The lowest BCUT2D eigenvalue weighted by Crippen LogP contribution is -2.40. The maximum absolute atomic E-state index is 13.2. The summed E-state index contributed by atoms with van der Waals surface area (Å²) in [5.41, 5.74) is 1.83. The molecule has 1 aromatic carbocycles. The second kappa shape index (κ2) is 7.86. The Bertz CT molecular complexity index is 896. The first-order valence-corrected chi connectivity index (χ1v) is 10.8. The number of phenols is 1. The van der Waals surface area contributed by atoms with Crippen molar-refractivity contribution in [2.75, 3.05) is 0 Å². The number of aromatic hydroxyl groups is 1. The van der Waals surface area contributed by atoms with E-state index in [0.29, 0.717) is 10.0 Å². The number of aliphatic imine (C=N–C) groups is 1. The fraction of sp³-hybridized carbons (Fsp3) is 0.350. The average Bonchev–Trinajstić information content (AvgIpc) is 3.21. The third-order valence-corrected chi connectivity index (χ3v) is 6.60. The van der Waals surface area contributed by atoms with Crippen LogP contribution in [0.5, 0.6) is 5.75 Å². The molecule has 2 fully saturated rings. The Kier molecular flexibility index (Phi) is 5.31. The van der Waals surface area contributed by atoms with E-state index in [0.717, 1.165) is 42.1 Å². The summed E-state index contributed by atoms with van der Waals surface area (Å²) in [7, 11) is 0. The second-order valence-corrected chi connectivity index (χ2v) is 8.68. The molecule has 0 bridgehead atoms. The standard InChI is InChI=1S/C20H21N3O2S2/c1-13-12-26-19(21-13)22-20-23(15-5-3-2-4-6-15)18(25)17(27-20)11-14-7-9-16(24)10-8-14/h7-12,15,24H,2-6H2,1H3/b17-11-,22-20+. The lowest BCUT2D eigenvalue weighted by atomic mass is 9.94. The molecule has 1 saturated carbocycles. The van der Waals surface area contributed by atoms with Gasteiger partial charge in [-0.2, -0.15) is 4.99 Å². The van der Waals surface area contributed by atoms with Crippen molar-refractivity contribution in [3.63, 3.8) is 0 Å². The van der Waals surface area contributed by atoms with Crippen molar-refractivity contribution in [2.24, 2.45) is 4.99 Å². The number of phenolic OH excluding ortho intramolecular Hbond substituents is 1. The molecule has 1 aliphatic heterocycles. The van der Waals surface area contributed by atoms with E-state index in [1.165, 1.54) is 29.5 Å². The maximum atomic E-state index is 13.2. The lowest BCUT2D eigenvalue weighted by Gasteiger charge is -2.30. The Morgan fingerprint density at radius 3 is 2.63 bits per heavy atom.